The number of ether oxygens (including phenoxy) is 1. The first-order valence-electron chi connectivity index (χ1n) is 6.63. The highest BCUT2D eigenvalue weighted by Gasteiger charge is 2.31. The highest BCUT2D eigenvalue weighted by atomic mass is 16.5. The number of amides is 1. The molecule has 1 saturated heterocycles. The standard InChI is InChI=1S/C14H20N2O3/c1-10(17)12-7-3-4-9-16(12)14(18)11-6-5-8-15-13(11)19-2/h5-6,8,10,12,17H,3-4,7,9H2,1-2H3. The Morgan fingerprint density at radius 2 is 2.37 bits per heavy atom. The van der Waals surface area contributed by atoms with Gasteiger partial charge < -0.3 is 14.7 Å². The molecule has 1 aromatic rings. The van der Waals surface area contributed by atoms with E-state index in [1.807, 2.05) is 0 Å². The number of piperidine rings is 1. The molecule has 2 atom stereocenters. The van der Waals surface area contributed by atoms with Crippen LogP contribution in [0.1, 0.15) is 36.5 Å². The molecule has 1 aromatic heterocycles. The van der Waals surface area contributed by atoms with Crippen molar-refractivity contribution in [3.63, 3.8) is 0 Å². The van der Waals surface area contributed by atoms with Crippen LogP contribution in [0.2, 0.25) is 0 Å². The van der Waals surface area contributed by atoms with Crippen LogP contribution in [0.25, 0.3) is 0 Å². The van der Waals surface area contributed by atoms with E-state index in [4.69, 9.17) is 4.74 Å². The summed E-state index contributed by atoms with van der Waals surface area (Å²) in [7, 11) is 1.50. The number of hydrogen-bond acceptors (Lipinski definition) is 4. The molecule has 0 bridgehead atoms. The quantitative estimate of drug-likeness (QED) is 0.898. The minimum Gasteiger partial charge on any atom is -0.480 e. The molecule has 0 saturated carbocycles. The smallest absolute Gasteiger partial charge is 0.259 e. The number of likely N-dealkylation sites (tertiary alicyclic amines) is 1. The largest absolute Gasteiger partial charge is 0.480 e. The fourth-order valence-electron chi connectivity index (χ4n) is 2.58. The number of hydrogen-bond donors (Lipinski definition) is 1. The van der Waals surface area contributed by atoms with Gasteiger partial charge in [0.1, 0.15) is 5.56 Å². The van der Waals surface area contributed by atoms with Crippen LogP contribution < -0.4 is 4.74 Å². The zero-order valence-electron chi connectivity index (χ0n) is 11.4. The minimum absolute atomic E-state index is 0.115. The topological polar surface area (TPSA) is 62.7 Å². The van der Waals surface area contributed by atoms with Gasteiger partial charge in [-0.1, -0.05) is 0 Å². The van der Waals surface area contributed by atoms with Crippen LogP contribution in [0.15, 0.2) is 18.3 Å². The van der Waals surface area contributed by atoms with Crippen molar-refractivity contribution in [1.29, 1.82) is 0 Å². The Bertz CT molecular complexity index is 448. The lowest BCUT2D eigenvalue weighted by Gasteiger charge is -2.37. The Morgan fingerprint density at radius 3 is 3.05 bits per heavy atom. The zero-order valence-corrected chi connectivity index (χ0v) is 11.4. The second kappa shape index (κ2) is 6.02. The maximum atomic E-state index is 12.6. The Morgan fingerprint density at radius 1 is 1.58 bits per heavy atom. The van der Waals surface area contributed by atoms with Crippen molar-refractivity contribution in [2.45, 2.75) is 38.3 Å². The van der Waals surface area contributed by atoms with Gasteiger partial charge in [0, 0.05) is 12.7 Å². The van der Waals surface area contributed by atoms with Crippen LogP contribution in [0, 0.1) is 0 Å². The third kappa shape index (κ3) is 2.87. The molecular formula is C14H20N2O3. The van der Waals surface area contributed by atoms with Gasteiger partial charge in [-0.3, -0.25) is 4.79 Å². The van der Waals surface area contributed by atoms with Crippen LogP contribution in [0.4, 0.5) is 0 Å². The molecule has 19 heavy (non-hydrogen) atoms. The van der Waals surface area contributed by atoms with Gasteiger partial charge in [-0.05, 0) is 38.3 Å². The molecule has 0 radical (unpaired) electrons. The Balaban J connectivity index is 2.26. The summed E-state index contributed by atoms with van der Waals surface area (Å²) in [6.07, 6.45) is 3.93. The Hall–Kier alpha value is -1.62. The lowest BCUT2D eigenvalue weighted by atomic mass is 9.97. The summed E-state index contributed by atoms with van der Waals surface area (Å²) in [5.41, 5.74) is 0.456. The van der Waals surface area contributed by atoms with Gasteiger partial charge in [-0.15, -0.1) is 0 Å². The molecule has 1 N–H and O–H groups in total. The van der Waals surface area contributed by atoms with Gasteiger partial charge in [0.05, 0.1) is 19.3 Å². The summed E-state index contributed by atoms with van der Waals surface area (Å²) in [4.78, 5) is 18.4. The molecule has 1 aliphatic heterocycles. The molecule has 2 rings (SSSR count). The first-order valence-corrected chi connectivity index (χ1v) is 6.63. The van der Waals surface area contributed by atoms with E-state index >= 15 is 0 Å². The first kappa shape index (κ1) is 13.8. The van der Waals surface area contributed by atoms with E-state index in [0.29, 0.717) is 18.0 Å². The molecule has 104 valence electrons. The van der Waals surface area contributed by atoms with E-state index in [1.165, 1.54) is 7.11 Å². The number of aliphatic hydroxyl groups is 1. The molecular weight excluding hydrogens is 244 g/mol. The number of pyridine rings is 1. The molecule has 1 aliphatic rings. The lowest BCUT2D eigenvalue weighted by molar-refractivity contribution is 0.0278. The molecule has 2 unspecified atom stereocenters. The van der Waals surface area contributed by atoms with Crippen molar-refractivity contribution in [3.8, 4) is 5.88 Å². The van der Waals surface area contributed by atoms with Gasteiger partial charge in [-0.2, -0.15) is 0 Å². The van der Waals surface area contributed by atoms with Gasteiger partial charge in [0.25, 0.3) is 5.91 Å². The van der Waals surface area contributed by atoms with E-state index in [1.54, 1.807) is 30.2 Å². The van der Waals surface area contributed by atoms with E-state index in [0.717, 1.165) is 19.3 Å². The fraction of sp³-hybridized carbons (Fsp3) is 0.571. The fourth-order valence-corrected chi connectivity index (χ4v) is 2.58. The van der Waals surface area contributed by atoms with Crippen molar-refractivity contribution >= 4 is 5.91 Å². The Labute approximate surface area is 113 Å². The number of carbonyl (C=O) groups excluding carboxylic acids is 1. The molecule has 2 heterocycles. The molecule has 1 fully saturated rings. The molecule has 0 spiro atoms. The molecule has 1 amide bonds. The normalized spacial score (nSPS) is 21.0. The summed E-state index contributed by atoms with van der Waals surface area (Å²) < 4.78 is 5.13. The van der Waals surface area contributed by atoms with Gasteiger partial charge >= 0.3 is 0 Å². The second-order valence-electron chi connectivity index (χ2n) is 4.86. The number of nitrogens with zero attached hydrogens (tertiary/aromatic N) is 2. The summed E-state index contributed by atoms with van der Waals surface area (Å²) >= 11 is 0. The van der Waals surface area contributed by atoms with Crippen molar-refractivity contribution in [3.05, 3.63) is 23.9 Å². The molecule has 0 aromatic carbocycles. The summed E-state index contributed by atoms with van der Waals surface area (Å²) in [6.45, 7) is 2.41. The number of aromatic nitrogens is 1. The van der Waals surface area contributed by atoms with Crippen LogP contribution in [0.5, 0.6) is 5.88 Å². The van der Waals surface area contributed by atoms with Crippen LogP contribution in [-0.4, -0.2) is 46.7 Å². The third-order valence-corrected chi connectivity index (χ3v) is 3.56. The van der Waals surface area contributed by atoms with Gasteiger partial charge in [0.15, 0.2) is 0 Å². The van der Waals surface area contributed by atoms with Crippen LogP contribution >= 0.6 is 0 Å². The summed E-state index contributed by atoms with van der Waals surface area (Å²) in [6, 6.07) is 3.31. The Kier molecular flexibility index (Phi) is 4.37. The van der Waals surface area contributed by atoms with E-state index < -0.39 is 6.10 Å². The number of aliphatic hydroxyl groups excluding tert-OH is 1. The highest BCUT2D eigenvalue weighted by molar-refractivity contribution is 5.96. The van der Waals surface area contributed by atoms with E-state index in [2.05, 4.69) is 4.98 Å². The van der Waals surface area contributed by atoms with Crippen molar-refractivity contribution in [1.82, 2.24) is 9.88 Å². The minimum atomic E-state index is -0.521. The van der Waals surface area contributed by atoms with Crippen LogP contribution in [0.3, 0.4) is 0 Å². The number of methoxy groups -OCH3 is 1. The highest BCUT2D eigenvalue weighted by Crippen LogP contribution is 2.24. The molecule has 5 nitrogen and oxygen atoms in total. The van der Waals surface area contributed by atoms with Crippen molar-refractivity contribution < 1.29 is 14.6 Å². The first-order chi connectivity index (χ1) is 9.15. The average Bonchev–Trinajstić information content (AvgIpc) is 2.46. The molecule has 0 aliphatic carbocycles. The van der Waals surface area contributed by atoms with Gasteiger partial charge in [0.2, 0.25) is 5.88 Å². The van der Waals surface area contributed by atoms with E-state index in [-0.39, 0.29) is 11.9 Å². The van der Waals surface area contributed by atoms with Gasteiger partial charge in [-0.25, -0.2) is 4.98 Å². The molecule has 5 heteroatoms. The number of rotatable bonds is 3. The maximum absolute atomic E-state index is 12.6. The predicted octanol–water partition coefficient (Wildman–Crippen LogP) is 1.47. The predicted molar refractivity (Wildman–Crippen MR) is 71.1 cm³/mol. The van der Waals surface area contributed by atoms with Crippen LogP contribution in [-0.2, 0) is 0 Å². The lowest BCUT2D eigenvalue weighted by Crippen LogP contribution is -2.49. The van der Waals surface area contributed by atoms with Crippen molar-refractivity contribution in [2.24, 2.45) is 0 Å². The zero-order chi connectivity index (χ0) is 13.8. The van der Waals surface area contributed by atoms with Crippen molar-refractivity contribution in [2.75, 3.05) is 13.7 Å². The summed E-state index contributed by atoms with van der Waals surface area (Å²) in [5.74, 6) is 0.220. The monoisotopic (exact) mass is 264 g/mol. The third-order valence-electron chi connectivity index (χ3n) is 3.56. The maximum Gasteiger partial charge on any atom is 0.259 e. The second-order valence-corrected chi connectivity index (χ2v) is 4.86. The summed E-state index contributed by atoms with van der Waals surface area (Å²) in [5, 5.41) is 9.83. The average molecular weight is 264 g/mol. The number of carbonyl (C=O) groups is 1. The SMILES string of the molecule is COc1ncccc1C(=O)N1CCCCC1C(C)O. The van der Waals surface area contributed by atoms with E-state index in [9.17, 15) is 9.90 Å².